The average Bonchev–Trinajstić information content (AvgIpc) is 2.61. The van der Waals surface area contributed by atoms with Gasteiger partial charge >= 0.3 is 5.97 Å². The maximum atomic E-state index is 12.2. The van der Waals surface area contributed by atoms with E-state index in [2.05, 4.69) is 31.9 Å². The summed E-state index contributed by atoms with van der Waals surface area (Å²) >= 11 is 3.36. The summed E-state index contributed by atoms with van der Waals surface area (Å²) in [7, 11) is 0. The lowest BCUT2D eigenvalue weighted by atomic mass is 9.97. The molecule has 1 aromatic heterocycles. The molecule has 1 aliphatic heterocycles. The standard InChI is InChI=1S/C18H19BrN2O2/c19-16-8-6-14(7-9-16)18(22)23-13-21-11-2-1-5-17(21)15-4-3-10-20-12-15/h3-4,6-10,12,17H,1-2,5,11,13H2. The summed E-state index contributed by atoms with van der Waals surface area (Å²) < 4.78 is 6.46. The molecule has 2 aromatic rings. The molecule has 0 bridgehead atoms. The molecule has 0 saturated carbocycles. The molecule has 5 heteroatoms. The van der Waals surface area contributed by atoms with Crippen molar-refractivity contribution in [3.63, 3.8) is 0 Å². The summed E-state index contributed by atoms with van der Waals surface area (Å²) in [5, 5.41) is 0. The van der Waals surface area contributed by atoms with Crippen molar-refractivity contribution in [2.75, 3.05) is 13.3 Å². The first-order valence-electron chi connectivity index (χ1n) is 7.81. The molecule has 1 unspecified atom stereocenters. The van der Waals surface area contributed by atoms with E-state index in [1.54, 1.807) is 18.3 Å². The number of carbonyl (C=O) groups excluding carboxylic acids is 1. The van der Waals surface area contributed by atoms with Crippen molar-refractivity contribution in [3.8, 4) is 0 Å². The van der Waals surface area contributed by atoms with Crippen LogP contribution in [0.2, 0.25) is 0 Å². The minimum atomic E-state index is -0.284. The Kier molecular flexibility index (Phi) is 5.41. The number of hydrogen-bond acceptors (Lipinski definition) is 4. The fourth-order valence-electron chi connectivity index (χ4n) is 2.91. The van der Waals surface area contributed by atoms with E-state index < -0.39 is 0 Å². The minimum absolute atomic E-state index is 0.273. The number of halogens is 1. The second-order valence-corrected chi connectivity index (χ2v) is 6.59. The monoisotopic (exact) mass is 374 g/mol. The van der Waals surface area contributed by atoms with Gasteiger partial charge in [-0.15, -0.1) is 0 Å². The van der Waals surface area contributed by atoms with Gasteiger partial charge in [0.25, 0.3) is 0 Å². The van der Waals surface area contributed by atoms with Gasteiger partial charge in [-0.3, -0.25) is 9.88 Å². The quantitative estimate of drug-likeness (QED) is 0.752. The number of likely N-dealkylation sites (tertiary alicyclic amines) is 1. The maximum absolute atomic E-state index is 12.2. The Bertz CT molecular complexity index is 646. The van der Waals surface area contributed by atoms with Gasteiger partial charge in [0.2, 0.25) is 0 Å². The molecule has 0 radical (unpaired) electrons. The van der Waals surface area contributed by atoms with Crippen molar-refractivity contribution in [2.24, 2.45) is 0 Å². The van der Waals surface area contributed by atoms with E-state index in [9.17, 15) is 4.79 Å². The van der Waals surface area contributed by atoms with Crippen molar-refractivity contribution in [1.29, 1.82) is 0 Å². The van der Waals surface area contributed by atoms with Crippen LogP contribution in [-0.4, -0.2) is 29.1 Å². The number of piperidine rings is 1. The summed E-state index contributed by atoms with van der Waals surface area (Å²) in [5.74, 6) is -0.284. The Labute approximate surface area is 144 Å². The van der Waals surface area contributed by atoms with Gasteiger partial charge < -0.3 is 4.74 Å². The van der Waals surface area contributed by atoms with E-state index in [0.717, 1.165) is 23.9 Å². The lowest BCUT2D eigenvalue weighted by Gasteiger charge is -2.35. The van der Waals surface area contributed by atoms with Gasteiger partial charge in [0, 0.05) is 29.5 Å². The Balaban J connectivity index is 1.63. The zero-order chi connectivity index (χ0) is 16.1. The SMILES string of the molecule is O=C(OCN1CCCCC1c1cccnc1)c1ccc(Br)cc1. The smallest absolute Gasteiger partial charge is 0.339 e. The van der Waals surface area contributed by atoms with Crippen LogP contribution in [0.5, 0.6) is 0 Å². The van der Waals surface area contributed by atoms with Crippen molar-refractivity contribution in [1.82, 2.24) is 9.88 Å². The Morgan fingerprint density at radius 2 is 2.09 bits per heavy atom. The van der Waals surface area contributed by atoms with Gasteiger partial charge in [-0.05, 0) is 48.7 Å². The summed E-state index contributed by atoms with van der Waals surface area (Å²) in [5.41, 5.74) is 1.76. The van der Waals surface area contributed by atoms with Crippen LogP contribution < -0.4 is 0 Å². The van der Waals surface area contributed by atoms with Crippen LogP contribution >= 0.6 is 15.9 Å². The molecule has 2 heterocycles. The molecule has 23 heavy (non-hydrogen) atoms. The van der Waals surface area contributed by atoms with Gasteiger partial charge in [-0.1, -0.05) is 28.4 Å². The molecule has 0 amide bonds. The number of hydrogen-bond donors (Lipinski definition) is 0. The zero-order valence-corrected chi connectivity index (χ0v) is 14.4. The second-order valence-electron chi connectivity index (χ2n) is 5.68. The molecule has 0 aliphatic carbocycles. The number of benzene rings is 1. The fourth-order valence-corrected chi connectivity index (χ4v) is 3.17. The van der Waals surface area contributed by atoms with Crippen molar-refractivity contribution in [3.05, 3.63) is 64.4 Å². The van der Waals surface area contributed by atoms with Crippen LogP contribution in [0.4, 0.5) is 0 Å². The molecule has 4 nitrogen and oxygen atoms in total. The highest BCUT2D eigenvalue weighted by atomic mass is 79.9. The van der Waals surface area contributed by atoms with E-state index in [0.29, 0.717) is 12.3 Å². The molecule has 1 atom stereocenters. The third kappa shape index (κ3) is 4.18. The van der Waals surface area contributed by atoms with Gasteiger partial charge in [0.15, 0.2) is 0 Å². The summed E-state index contributed by atoms with van der Waals surface area (Å²) in [6.45, 7) is 1.25. The molecule has 3 rings (SSSR count). The molecule has 1 saturated heterocycles. The lowest BCUT2D eigenvalue weighted by molar-refractivity contribution is -0.000428. The molecular formula is C18H19BrN2O2. The van der Waals surface area contributed by atoms with E-state index in [1.165, 1.54) is 12.0 Å². The van der Waals surface area contributed by atoms with Gasteiger partial charge in [-0.25, -0.2) is 4.79 Å². The number of rotatable bonds is 4. The molecule has 0 spiro atoms. The maximum Gasteiger partial charge on any atom is 0.339 e. The average molecular weight is 375 g/mol. The number of aromatic nitrogens is 1. The van der Waals surface area contributed by atoms with Crippen LogP contribution in [0.15, 0.2) is 53.3 Å². The Hall–Kier alpha value is -1.72. The van der Waals surface area contributed by atoms with Crippen LogP contribution in [0.25, 0.3) is 0 Å². The minimum Gasteiger partial charge on any atom is -0.446 e. The van der Waals surface area contributed by atoms with Crippen LogP contribution in [0.3, 0.4) is 0 Å². The van der Waals surface area contributed by atoms with E-state index >= 15 is 0 Å². The number of carbonyl (C=O) groups is 1. The summed E-state index contributed by atoms with van der Waals surface area (Å²) in [6.07, 6.45) is 7.08. The van der Waals surface area contributed by atoms with Gasteiger partial charge in [-0.2, -0.15) is 0 Å². The second kappa shape index (κ2) is 7.70. The number of esters is 1. The van der Waals surface area contributed by atoms with Crippen molar-refractivity contribution >= 4 is 21.9 Å². The molecule has 1 aliphatic rings. The van der Waals surface area contributed by atoms with Crippen LogP contribution in [0, 0.1) is 0 Å². The Morgan fingerprint density at radius 1 is 1.26 bits per heavy atom. The van der Waals surface area contributed by atoms with E-state index in [4.69, 9.17) is 4.74 Å². The highest BCUT2D eigenvalue weighted by Crippen LogP contribution is 2.30. The van der Waals surface area contributed by atoms with Crippen molar-refractivity contribution in [2.45, 2.75) is 25.3 Å². The highest BCUT2D eigenvalue weighted by Gasteiger charge is 2.25. The normalized spacial score (nSPS) is 18.6. The van der Waals surface area contributed by atoms with Crippen LogP contribution in [-0.2, 0) is 4.74 Å². The van der Waals surface area contributed by atoms with E-state index in [1.807, 2.05) is 24.4 Å². The first-order valence-corrected chi connectivity index (χ1v) is 8.60. The first kappa shape index (κ1) is 16.1. The topological polar surface area (TPSA) is 42.4 Å². The number of pyridine rings is 1. The first-order chi connectivity index (χ1) is 11.2. The predicted octanol–water partition coefficient (Wildman–Crippen LogP) is 4.19. The number of ether oxygens (including phenoxy) is 1. The molecule has 120 valence electrons. The zero-order valence-electron chi connectivity index (χ0n) is 12.8. The third-order valence-electron chi connectivity index (χ3n) is 4.12. The number of nitrogens with zero attached hydrogens (tertiary/aromatic N) is 2. The highest BCUT2D eigenvalue weighted by molar-refractivity contribution is 9.10. The van der Waals surface area contributed by atoms with Crippen LogP contribution in [0.1, 0.15) is 41.2 Å². The largest absolute Gasteiger partial charge is 0.446 e. The van der Waals surface area contributed by atoms with Gasteiger partial charge in [0.05, 0.1) is 5.56 Å². The summed E-state index contributed by atoms with van der Waals surface area (Å²) in [4.78, 5) is 18.6. The molecule has 0 N–H and O–H groups in total. The molecule has 1 fully saturated rings. The summed E-state index contributed by atoms with van der Waals surface area (Å²) in [6, 6.07) is 11.5. The third-order valence-corrected chi connectivity index (χ3v) is 4.65. The van der Waals surface area contributed by atoms with E-state index in [-0.39, 0.29) is 12.0 Å². The molecule has 1 aromatic carbocycles. The molecular weight excluding hydrogens is 356 g/mol. The fraction of sp³-hybridized carbons (Fsp3) is 0.333. The van der Waals surface area contributed by atoms with Crippen molar-refractivity contribution < 1.29 is 9.53 Å². The Morgan fingerprint density at radius 3 is 2.83 bits per heavy atom. The van der Waals surface area contributed by atoms with Gasteiger partial charge in [0.1, 0.15) is 6.73 Å². The predicted molar refractivity (Wildman–Crippen MR) is 92.0 cm³/mol. The lowest BCUT2D eigenvalue weighted by Crippen LogP contribution is -2.36.